The predicted molar refractivity (Wildman–Crippen MR) is 144 cm³/mol. The summed E-state index contributed by atoms with van der Waals surface area (Å²) in [6, 6.07) is 14.2. The number of nitrogens with zero attached hydrogens (tertiary/aromatic N) is 3. The molecule has 202 valence electrons. The van der Waals surface area contributed by atoms with Crippen LogP contribution in [0, 0.1) is 11.6 Å². The summed E-state index contributed by atoms with van der Waals surface area (Å²) in [5.74, 6) is -1.21. The van der Waals surface area contributed by atoms with Crippen LogP contribution in [0.2, 0.25) is 0 Å². The van der Waals surface area contributed by atoms with Gasteiger partial charge in [-0.2, -0.15) is 0 Å². The quantitative estimate of drug-likeness (QED) is 0.275. The topological polar surface area (TPSA) is 104 Å². The number of pyridine rings is 3. The van der Waals surface area contributed by atoms with Crippen molar-refractivity contribution in [2.75, 3.05) is 7.11 Å². The Morgan fingerprint density at radius 1 is 1.02 bits per heavy atom. The normalized spacial score (nSPS) is 11.0. The summed E-state index contributed by atoms with van der Waals surface area (Å²) in [4.78, 5) is 35.1. The second kappa shape index (κ2) is 11.0. The zero-order valence-corrected chi connectivity index (χ0v) is 21.5. The number of halogens is 2. The van der Waals surface area contributed by atoms with E-state index in [1.54, 1.807) is 25.2 Å². The van der Waals surface area contributed by atoms with Crippen molar-refractivity contribution in [1.29, 1.82) is 0 Å². The van der Waals surface area contributed by atoms with E-state index in [0.29, 0.717) is 28.0 Å². The average Bonchev–Trinajstić information content (AvgIpc) is 2.95. The molecule has 3 heterocycles. The zero-order valence-electron chi connectivity index (χ0n) is 21.5. The number of ether oxygens (including phenoxy) is 2. The summed E-state index contributed by atoms with van der Waals surface area (Å²) in [7, 11) is 3.07. The lowest BCUT2D eigenvalue weighted by atomic mass is 9.97. The minimum atomic E-state index is -0.714. The van der Waals surface area contributed by atoms with E-state index in [4.69, 9.17) is 9.47 Å². The Morgan fingerprint density at radius 3 is 2.50 bits per heavy atom. The largest absolute Gasteiger partial charge is 0.481 e. The number of Topliss-reactive ketones (excluding diaryl/α,β-unsaturated/α-hetero) is 1. The Kier molecular flexibility index (Phi) is 7.35. The van der Waals surface area contributed by atoms with Crippen LogP contribution in [-0.4, -0.2) is 32.5 Å². The van der Waals surface area contributed by atoms with Crippen molar-refractivity contribution in [3.63, 3.8) is 0 Å². The highest BCUT2D eigenvalue weighted by Gasteiger charge is 2.21. The monoisotopic (exact) mass is 543 g/mol. The van der Waals surface area contributed by atoms with Gasteiger partial charge in [-0.25, -0.2) is 13.8 Å². The number of carbonyl (C=O) groups excluding carboxylic acids is 1. The lowest BCUT2D eigenvalue weighted by molar-refractivity contribution is 0.0991. The van der Waals surface area contributed by atoms with Crippen molar-refractivity contribution in [2.24, 2.45) is 7.05 Å². The van der Waals surface area contributed by atoms with Gasteiger partial charge in [0, 0.05) is 38.0 Å². The second-order valence-corrected chi connectivity index (χ2v) is 8.97. The van der Waals surface area contributed by atoms with Crippen molar-refractivity contribution in [3.05, 3.63) is 112 Å². The molecule has 3 aromatic heterocycles. The van der Waals surface area contributed by atoms with E-state index in [0.717, 1.165) is 6.07 Å². The molecular weight excluding hydrogens is 520 g/mol. The molecule has 40 heavy (non-hydrogen) atoms. The van der Waals surface area contributed by atoms with Crippen LogP contribution in [0.25, 0.3) is 22.2 Å². The fraction of sp³-hybridized carbons (Fsp3) is 0.133. The van der Waals surface area contributed by atoms with Gasteiger partial charge < -0.3 is 19.1 Å². The zero-order chi connectivity index (χ0) is 28.4. The lowest BCUT2D eigenvalue weighted by Gasteiger charge is -2.15. The molecule has 0 saturated carbocycles. The molecule has 0 fully saturated rings. The number of aromatic nitrogens is 3. The first-order valence-corrected chi connectivity index (χ1v) is 12.2. The first-order chi connectivity index (χ1) is 19.3. The van der Waals surface area contributed by atoms with Crippen LogP contribution in [0.5, 0.6) is 17.4 Å². The van der Waals surface area contributed by atoms with E-state index in [1.807, 2.05) is 0 Å². The van der Waals surface area contributed by atoms with Gasteiger partial charge in [-0.05, 0) is 41.5 Å². The summed E-state index contributed by atoms with van der Waals surface area (Å²) in [6.07, 6.45) is 2.59. The van der Waals surface area contributed by atoms with Gasteiger partial charge in [-0.3, -0.25) is 14.6 Å². The summed E-state index contributed by atoms with van der Waals surface area (Å²) >= 11 is 0. The summed E-state index contributed by atoms with van der Waals surface area (Å²) in [5, 5.41) is 9.87. The number of hydrogen-bond acceptors (Lipinski definition) is 7. The van der Waals surface area contributed by atoms with Gasteiger partial charge in [0.05, 0.1) is 36.1 Å². The van der Waals surface area contributed by atoms with Crippen LogP contribution in [0.1, 0.15) is 21.6 Å². The number of ketones is 1. The molecule has 2 aromatic carbocycles. The van der Waals surface area contributed by atoms with Gasteiger partial charge >= 0.3 is 0 Å². The van der Waals surface area contributed by atoms with E-state index in [-0.39, 0.29) is 34.7 Å². The van der Waals surface area contributed by atoms with Crippen LogP contribution in [-0.2, 0) is 20.1 Å². The molecule has 0 unspecified atom stereocenters. The highest BCUT2D eigenvalue weighted by molar-refractivity contribution is 5.98. The van der Waals surface area contributed by atoms with Crippen molar-refractivity contribution in [2.45, 2.75) is 13.0 Å². The van der Waals surface area contributed by atoms with Crippen LogP contribution >= 0.6 is 0 Å². The molecule has 5 aromatic rings. The predicted octanol–water partition coefficient (Wildman–Crippen LogP) is 4.99. The molecule has 0 radical (unpaired) electrons. The van der Waals surface area contributed by atoms with Crippen molar-refractivity contribution < 1.29 is 28.2 Å². The number of carbonyl (C=O) groups is 1. The number of aryl methyl sites for hydroxylation is 1. The first-order valence-electron chi connectivity index (χ1n) is 12.2. The summed E-state index contributed by atoms with van der Waals surface area (Å²) < 4.78 is 40.9. The van der Waals surface area contributed by atoms with Crippen LogP contribution in [0.3, 0.4) is 0 Å². The Hall–Kier alpha value is -4.96. The number of benzene rings is 2. The maximum Gasteiger partial charge on any atom is 0.213 e. The van der Waals surface area contributed by atoms with E-state index >= 15 is 4.39 Å². The third kappa shape index (κ3) is 5.16. The average molecular weight is 544 g/mol. The molecular formula is C30H23F2N3O5. The highest BCUT2D eigenvalue weighted by atomic mass is 19.1. The maximum absolute atomic E-state index is 15.1. The van der Waals surface area contributed by atoms with Gasteiger partial charge in [-0.15, -0.1) is 0 Å². The molecule has 0 aliphatic rings. The first kappa shape index (κ1) is 26.6. The molecule has 5 rings (SSSR count). The lowest BCUT2D eigenvalue weighted by Crippen LogP contribution is -2.23. The Morgan fingerprint density at radius 2 is 1.80 bits per heavy atom. The van der Waals surface area contributed by atoms with E-state index in [2.05, 4.69) is 9.97 Å². The van der Waals surface area contributed by atoms with Crippen LogP contribution in [0.15, 0.2) is 77.9 Å². The number of methoxy groups -OCH3 is 1. The molecule has 0 amide bonds. The third-order valence-electron chi connectivity index (χ3n) is 6.40. The standard InChI is InChI=1S/C30H23F2N3O5/c1-35-15-20(30(38)28(23(35)16-36)18-4-6-19(31)7-5-18)24(37)14-17-3-9-25(21(32)13-17)40-26-11-12-33-22-8-10-27(39-2)34-29(22)26/h3-13,15,36H,14,16H2,1-2H3. The van der Waals surface area contributed by atoms with Gasteiger partial charge in [0.15, 0.2) is 23.1 Å². The maximum atomic E-state index is 15.1. The molecule has 0 bridgehead atoms. The Balaban J connectivity index is 1.43. The smallest absolute Gasteiger partial charge is 0.213 e. The van der Waals surface area contributed by atoms with E-state index in [1.165, 1.54) is 60.5 Å². The number of aliphatic hydroxyl groups is 1. The molecule has 10 heteroatoms. The SMILES string of the molecule is COc1ccc2nccc(Oc3ccc(CC(=O)c4cn(C)c(CO)c(-c5ccc(F)cc5)c4=O)cc3F)c2n1. The van der Waals surface area contributed by atoms with Crippen molar-refractivity contribution in [3.8, 4) is 28.5 Å². The fourth-order valence-corrected chi connectivity index (χ4v) is 4.39. The van der Waals surface area contributed by atoms with Crippen LogP contribution in [0.4, 0.5) is 8.78 Å². The third-order valence-corrected chi connectivity index (χ3v) is 6.40. The minimum Gasteiger partial charge on any atom is -0.481 e. The van der Waals surface area contributed by atoms with E-state index in [9.17, 15) is 19.1 Å². The van der Waals surface area contributed by atoms with E-state index < -0.39 is 29.5 Å². The highest BCUT2D eigenvalue weighted by Crippen LogP contribution is 2.31. The molecule has 0 spiro atoms. The van der Waals surface area contributed by atoms with Gasteiger partial charge in [-0.1, -0.05) is 18.2 Å². The van der Waals surface area contributed by atoms with Gasteiger partial charge in [0.2, 0.25) is 11.3 Å². The Labute approximate surface area is 227 Å². The number of rotatable bonds is 8. The van der Waals surface area contributed by atoms with Gasteiger partial charge in [0.25, 0.3) is 0 Å². The number of aliphatic hydroxyl groups excluding tert-OH is 1. The second-order valence-electron chi connectivity index (χ2n) is 8.97. The molecule has 0 atom stereocenters. The summed E-state index contributed by atoms with van der Waals surface area (Å²) in [6.45, 7) is -0.464. The molecule has 1 N–H and O–H groups in total. The van der Waals surface area contributed by atoms with Gasteiger partial charge in [0.1, 0.15) is 11.3 Å². The van der Waals surface area contributed by atoms with Crippen LogP contribution < -0.4 is 14.9 Å². The van der Waals surface area contributed by atoms with Crippen molar-refractivity contribution in [1.82, 2.24) is 14.5 Å². The summed E-state index contributed by atoms with van der Waals surface area (Å²) in [5.41, 5.74) is 1.25. The number of fused-ring (bicyclic) bond motifs is 1. The fourth-order valence-electron chi connectivity index (χ4n) is 4.39. The molecule has 0 saturated heterocycles. The van der Waals surface area contributed by atoms with Crippen molar-refractivity contribution >= 4 is 16.8 Å². The minimum absolute atomic E-state index is 0.0878. The molecule has 0 aliphatic heterocycles. The Bertz CT molecular complexity index is 1800. The molecule has 0 aliphatic carbocycles. The number of hydrogen-bond donors (Lipinski definition) is 1. The molecule has 8 nitrogen and oxygen atoms in total.